The number of para-hydroxylation sites is 1. The van der Waals surface area contributed by atoms with Gasteiger partial charge in [-0.3, -0.25) is 0 Å². The molecule has 0 bridgehead atoms. The predicted molar refractivity (Wildman–Crippen MR) is 163 cm³/mol. The largest absolute Gasteiger partial charge is 0.309 e. The molecule has 38 heavy (non-hydrogen) atoms. The van der Waals surface area contributed by atoms with Gasteiger partial charge in [-0.05, 0) is 75.7 Å². The lowest BCUT2D eigenvalue weighted by molar-refractivity contribution is 1.18. The van der Waals surface area contributed by atoms with Crippen LogP contribution in [-0.2, 0) is 6.42 Å². The third-order valence-corrected chi connectivity index (χ3v) is 7.49. The average Bonchev–Trinajstić information content (AvgIpc) is 3.31. The van der Waals surface area contributed by atoms with Crippen LogP contribution in [0.5, 0.6) is 0 Å². The predicted octanol–water partition coefficient (Wildman–Crippen LogP) is 9.51. The molecule has 0 radical (unpaired) electrons. The first-order valence-corrected chi connectivity index (χ1v) is 13.0. The van der Waals surface area contributed by atoms with Gasteiger partial charge in [0.1, 0.15) is 0 Å². The van der Waals surface area contributed by atoms with E-state index in [1.165, 1.54) is 66.3 Å². The summed E-state index contributed by atoms with van der Waals surface area (Å²) < 4.78 is 2.41. The van der Waals surface area contributed by atoms with Crippen LogP contribution in [0.4, 0.5) is 0 Å². The minimum absolute atomic E-state index is 0.803. The molecule has 6 aromatic carbocycles. The summed E-state index contributed by atoms with van der Waals surface area (Å²) in [6, 6.07) is 44.0. The summed E-state index contributed by atoms with van der Waals surface area (Å²) in [5.74, 6) is 0. The maximum atomic E-state index is 7.29. The molecule has 2 heteroatoms. The van der Waals surface area contributed by atoms with Gasteiger partial charge in [0.05, 0.1) is 11.0 Å². The molecule has 0 aliphatic rings. The fraction of sp³-hybridized carbons (Fsp3) is 0.0278. The molecule has 7 aromatic rings. The van der Waals surface area contributed by atoms with Gasteiger partial charge in [-0.2, -0.15) is 0 Å². The van der Waals surface area contributed by atoms with Gasteiger partial charge >= 0.3 is 0 Å². The molecular weight excluding hydrogens is 460 g/mol. The van der Waals surface area contributed by atoms with Gasteiger partial charge in [-0.25, -0.2) is 0 Å². The maximum Gasteiger partial charge on any atom is 0.0619 e. The molecular formula is C36H26N2. The minimum atomic E-state index is 0.803. The summed E-state index contributed by atoms with van der Waals surface area (Å²) in [6.45, 7) is 0. The number of hydrogen-bond donors (Lipinski definition) is 1. The Labute approximate surface area is 221 Å². The number of hydrogen-bond acceptors (Lipinski definition) is 1. The van der Waals surface area contributed by atoms with Gasteiger partial charge in [-0.1, -0.05) is 97.1 Å². The second-order valence-corrected chi connectivity index (χ2v) is 9.78. The molecule has 0 unspecified atom stereocenters. The van der Waals surface area contributed by atoms with E-state index in [0.29, 0.717) is 0 Å². The second-order valence-electron chi connectivity index (χ2n) is 9.78. The van der Waals surface area contributed by atoms with Gasteiger partial charge < -0.3 is 9.98 Å². The summed E-state index contributed by atoms with van der Waals surface area (Å²) >= 11 is 0. The summed E-state index contributed by atoms with van der Waals surface area (Å²) in [4.78, 5) is 0. The number of fused-ring (bicyclic) bond motifs is 6. The highest BCUT2D eigenvalue weighted by atomic mass is 15.0. The molecule has 1 heterocycles. The standard InChI is InChI=1S/C36H26N2/c37-21-7-6-8-25-13-18-33-34-20-17-30-24-29(28-15-14-26-9-4-5-10-27(26)23-28)16-19-32(30)36(34)38(35(33)22-25)31-11-2-1-3-12-31/h1-7,9-24,37H,8H2/b7-6-,37-21?. The highest BCUT2D eigenvalue weighted by Crippen LogP contribution is 2.38. The molecule has 0 amide bonds. The highest BCUT2D eigenvalue weighted by molar-refractivity contribution is 6.19. The van der Waals surface area contributed by atoms with Crippen molar-refractivity contribution in [3.05, 3.63) is 139 Å². The highest BCUT2D eigenvalue weighted by Gasteiger charge is 2.16. The van der Waals surface area contributed by atoms with Crippen molar-refractivity contribution < 1.29 is 0 Å². The van der Waals surface area contributed by atoms with Crippen molar-refractivity contribution in [1.82, 2.24) is 4.57 Å². The maximum absolute atomic E-state index is 7.29. The fourth-order valence-electron chi connectivity index (χ4n) is 5.67. The number of benzene rings is 6. The SMILES string of the molecule is N=C/C=C\Cc1ccc2c3ccc4cc(-c5ccc6ccccc6c5)ccc4c3n(-c3ccccc3)c2c1. The van der Waals surface area contributed by atoms with Gasteiger partial charge in [-0.15, -0.1) is 0 Å². The molecule has 0 aliphatic carbocycles. The number of nitrogens with zero attached hydrogens (tertiary/aromatic N) is 1. The van der Waals surface area contributed by atoms with Crippen molar-refractivity contribution in [3.63, 3.8) is 0 Å². The molecule has 0 spiro atoms. The van der Waals surface area contributed by atoms with Crippen molar-refractivity contribution >= 4 is 49.6 Å². The zero-order valence-corrected chi connectivity index (χ0v) is 20.9. The zero-order chi connectivity index (χ0) is 25.5. The first kappa shape index (κ1) is 22.3. The normalized spacial score (nSPS) is 11.8. The monoisotopic (exact) mass is 486 g/mol. The summed E-state index contributed by atoms with van der Waals surface area (Å²) in [6.07, 6.45) is 5.96. The van der Waals surface area contributed by atoms with E-state index in [1.807, 2.05) is 6.08 Å². The van der Waals surface area contributed by atoms with Crippen LogP contribution in [0.15, 0.2) is 133 Å². The summed E-state index contributed by atoms with van der Waals surface area (Å²) in [7, 11) is 0. The lowest BCUT2D eigenvalue weighted by Gasteiger charge is -2.11. The topological polar surface area (TPSA) is 28.8 Å². The van der Waals surface area contributed by atoms with Crippen LogP contribution in [0.1, 0.15) is 5.56 Å². The van der Waals surface area contributed by atoms with Crippen molar-refractivity contribution in [1.29, 1.82) is 5.41 Å². The first-order chi connectivity index (χ1) is 18.8. The smallest absolute Gasteiger partial charge is 0.0619 e. The van der Waals surface area contributed by atoms with E-state index in [4.69, 9.17) is 5.41 Å². The number of nitrogens with one attached hydrogen (secondary N) is 1. The Morgan fingerprint density at radius 1 is 0.579 bits per heavy atom. The first-order valence-electron chi connectivity index (χ1n) is 13.0. The quantitative estimate of drug-likeness (QED) is 0.235. The summed E-state index contributed by atoms with van der Waals surface area (Å²) in [5.41, 5.74) is 7.30. The molecule has 0 aliphatic heterocycles. The minimum Gasteiger partial charge on any atom is -0.309 e. The van der Waals surface area contributed by atoms with Crippen molar-refractivity contribution in [2.24, 2.45) is 0 Å². The molecule has 180 valence electrons. The van der Waals surface area contributed by atoms with E-state index in [2.05, 4.69) is 126 Å². The lowest BCUT2D eigenvalue weighted by Crippen LogP contribution is -1.95. The molecule has 1 N–H and O–H groups in total. The van der Waals surface area contributed by atoms with Crippen molar-refractivity contribution in [2.75, 3.05) is 0 Å². The zero-order valence-electron chi connectivity index (χ0n) is 20.9. The molecule has 0 saturated heterocycles. The van der Waals surface area contributed by atoms with Crippen molar-refractivity contribution in [3.8, 4) is 16.8 Å². The Kier molecular flexibility index (Phi) is 5.37. The van der Waals surface area contributed by atoms with Crippen LogP contribution in [0.3, 0.4) is 0 Å². The van der Waals surface area contributed by atoms with Crippen LogP contribution < -0.4 is 0 Å². The van der Waals surface area contributed by atoms with E-state index in [1.54, 1.807) is 6.08 Å². The second kappa shape index (κ2) is 9.17. The van der Waals surface area contributed by atoms with Gasteiger partial charge in [0.2, 0.25) is 0 Å². The molecule has 0 saturated carbocycles. The van der Waals surface area contributed by atoms with Crippen LogP contribution in [0.2, 0.25) is 0 Å². The Morgan fingerprint density at radius 2 is 1.26 bits per heavy atom. The summed E-state index contributed by atoms with van der Waals surface area (Å²) in [5, 5.41) is 14.8. The number of allylic oxidation sites excluding steroid dienone is 2. The average molecular weight is 487 g/mol. The Morgan fingerprint density at radius 3 is 2.11 bits per heavy atom. The molecule has 0 fully saturated rings. The Bertz CT molecular complexity index is 2010. The number of rotatable bonds is 5. The Hall–Kier alpha value is -4.95. The van der Waals surface area contributed by atoms with Gasteiger partial charge in [0.25, 0.3) is 0 Å². The molecule has 0 atom stereocenters. The molecule has 1 aromatic heterocycles. The van der Waals surface area contributed by atoms with E-state index in [0.717, 1.165) is 12.1 Å². The van der Waals surface area contributed by atoms with E-state index >= 15 is 0 Å². The van der Waals surface area contributed by atoms with Crippen LogP contribution in [-0.4, -0.2) is 10.8 Å². The number of aromatic nitrogens is 1. The van der Waals surface area contributed by atoms with E-state index in [9.17, 15) is 0 Å². The van der Waals surface area contributed by atoms with E-state index < -0.39 is 0 Å². The van der Waals surface area contributed by atoms with Crippen LogP contribution in [0.25, 0.3) is 60.2 Å². The lowest BCUT2D eigenvalue weighted by atomic mass is 9.97. The van der Waals surface area contributed by atoms with Crippen LogP contribution in [0, 0.1) is 5.41 Å². The van der Waals surface area contributed by atoms with Gasteiger partial charge in [0, 0.05) is 28.1 Å². The third kappa shape index (κ3) is 3.70. The molecule has 2 nitrogen and oxygen atoms in total. The van der Waals surface area contributed by atoms with E-state index in [-0.39, 0.29) is 0 Å². The van der Waals surface area contributed by atoms with Gasteiger partial charge in [0.15, 0.2) is 0 Å². The van der Waals surface area contributed by atoms with Crippen LogP contribution >= 0.6 is 0 Å². The molecule has 7 rings (SSSR count). The fourth-order valence-corrected chi connectivity index (χ4v) is 5.67. The van der Waals surface area contributed by atoms with Crippen molar-refractivity contribution in [2.45, 2.75) is 6.42 Å². The third-order valence-electron chi connectivity index (χ3n) is 7.49. The Balaban J connectivity index is 1.47.